The highest BCUT2D eigenvalue weighted by Crippen LogP contribution is 2.52. The number of H-pyrrole nitrogens is 1. The van der Waals surface area contributed by atoms with Gasteiger partial charge in [-0.05, 0) is 47.9 Å². The van der Waals surface area contributed by atoms with Gasteiger partial charge in [-0.1, -0.05) is 30.3 Å². The molecule has 2 aromatic carbocycles. The van der Waals surface area contributed by atoms with Crippen molar-refractivity contribution >= 4 is 16.8 Å². The molecule has 2 aliphatic rings. The molecule has 3 aromatic rings. The molecule has 1 amide bonds. The molecule has 4 nitrogen and oxygen atoms in total. The first-order valence-electron chi connectivity index (χ1n) is 8.56. The van der Waals surface area contributed by atoms with E-state index in [1.54, 1.807) is 6.20 Å². The lowest BCUT2D eigenvalue weighted by atomic mass is 10.00. The molecule has 1 saturated carbocycles. The number of hydrogen-bond donors (Lipinski definition) is 1. The van der Waals surface area contributed by atoms with Crippen molar-refractivity contribution in [2.75, 3.05) is 13.1 Å². The minimum absolute atomic E-state index is 0.130. The number of amides is 1. The normalized spacial score (nSPS) is 18.4. The van der Waals surface area contributed by atoms with Gasteiger partial charge in [0, 0.05) is 18.5 Å². The molecule has 1 aliphatic heterocycles. The fraction of sp³-hybridized carbons (Fsp3) is 0.300. The summed E-state index contributed by atoms with van der Waals surface area (Å²) in [6.07, 6.45) is 5.51. The van der Waals surface area contributed by atoms with Crippen molar-refractivity contribution in [1.82, 2.24) is 15.1 Å². The van der Waals surface area contributed by atoms with Gasteiger partial charge in [0.05, 0.1) is 17.3 Å². The van der Waals surface area contributed by atoms with Crippen molar-refractivity contribution < 1.29 is 4.79 Å². The van der Waals surface area contributed by atoms with E-state index in [2.05, 4.69) is 28.4 Å². The molecule has 1 N–H and O–H groups in total. The number of benzene rings is 2. The Kier molecular flexibility index (Phi) is 2.84. The summed E-state index contributed by atoms with van der Waals surface area (Å²) in [7, 11) is 0. The van der Waals surface area contributed by atoms with Gasteiger partial charge in [0.2, 0.25) is 0 Å². The Morgan fingerprint density at radius 2 is 1.92 bits per heavy atom. The average Bonchev–Trinajstić information content (AvgIpc) is 3.03. The fourth-order valence-electron chi connectivity index (χ4n) is 3.89. The van der Waals surface area contributed by atoms with Crippen LogP contribution in [0.1, 0.15) is 29.6 Å². The number of carbonyl (C=O) groups is 1. The van der Waals surface area contributed by atoms with E-state index in [-0.39, 0.29) is 5.91 Å². The molecule has 1 spiro atoms. The predicted octanol–water partition coefficient (Wildman–Crippen LogP) is 3.86. The summed E-state index contributed by atoms with van der Waals surface area (Å²) >= 11 is 0. The van der Waals surface area contributed by atoms with Gasteiger partial charge in [0.25, 0.3) is 5.91 Å². The van der Waals surface area contributed by atoms with Crippen molar-refractivity contribution in [3.63, 3.8) is 0 Å². The number of nitrogens with zero attached hydrogens (tertiary/aromatic N) is 2. The van der Waals surface area contributed by atoms with Crippen LogP contribution in [0.25, 0.3) is 22.0 Å². The highest BCUT2D eigenvalue weighted by Gasteiger charge is 2.49. The Balaban J connectivity index is 1.59. The fourth-order valence-corrected chi connectivity index (χ4v) is 3.89. The molecule has 24 heavy (non-hydrogen) atoms. The zero-order valence-electron chi connectivity index (χ0n) is 13.5. The Morgan fingerprint density at radius 1 is 1.08 bits per heavy atom. The zero-order valence-corrected chi connectivity index (χ0v) is 13.5. The smallest absolute Gasteiger partial charge is 0.256 e. The van der Waals surface area contributed by atoms with Crippen LogP contribution >= 0.6 is 0 Å². The number of likely N-dealkylation sites (tertiary alicyclic amines) is 1. The van der Waals surface area contributed by atoms with Gasteiger partial charge in [-0.15, -0.1) is 0 Å². The highest BCUT2D eigenvalue weighted by atomic mass is 16.2. The largest absolute Gasteiger partial charge is 0.338 e. The summed E-state index contributed by atoms with van der Waals surface area (Å²) in [6.45, 7) is 1.79. The summed E-state index contributed by atoms with van der Waals surface area (Å²) in [4.78, 5) is 15.2. The van der Waals surface area contributed by atoms with Gasteiger partial charge in [-0.25, -0.2) is 0 Å². The number of aromatic nitrogens is 2. The van der Waals surface area contributed by atoms with Crippen LogP contribution in [0.4, 0.5) is 0 Å². The van der Waals surface area contributed by atoms with Crippen LogP contribution in [0.5, 0.6) is 0 Å². The van der Waals surface area contributed by atoms with Crippen molar-refractivity contribution in [3.8, 4) is 11.1 Å². The topological polar surface area (TPSA) is 49.0 Å². The van der Waals surface area contributed by atoms with E-state index >= 15 is 0 Å². The number of aromatic amines is 1. The van der Waals surface area contributed by atoms with Gasteiger partial charge in [-0.3, -0.25) is 9.89 Å². The quantitative estimate of drug-likeness (QED) is 0.780. The van der Waals surface area contributed by atoms with Crippen molar-refractivity contribution in [2.24, 2.45) is 5.41 Å². The second-order valence-corrected chi connectivity index (χ2v) is 7.20. The summed E-state index contributed by atoms with van der Waals surface area (Å²) in [5, 5.41) is 8.15. The van der Waals surface area contributed by atoms with Crippen LogP contribution in [0, 0.1) is 5.41 Å². The Bertz CT molecular complexity index is 924. The number of fused-ring (bicyclic) bond motifs is 1. The lowest BCUT2D eigenvalue weighted by Crippen LogP contribution is -2.29. The molecule has 4 heteroatoms. The number of rotatable bonds is 2. The minimum Gasteiger partial charge on any atom is -0.338 e. The third-order valence-corrected chi connectivity index (χ3v) is 5.57. The first-order chi connectivity index (χ1) is 11.7. The minimum atomic E-state index is 0.130. The average molecular weight is 317 g/mol. The van der Waals surface area contributed by atoms with Gasteiger partial charge < -0.3 is 4.90 Å². The summed E-state index contributed by atoms with van der Waals surface area (Å²) in [6, 6.07) is 14.3. The molecule has 2 heterocycles. The summed E-state index contributed by atoms with van der Waals surface area (Å²) in [5.74, 6) is 0.130. The van der Waals surface area contributed by atoms with Crippen LogP contribution in [0.3, 0.4) is 0 Å². The molecule has 120 valence electrons. The van der Waals surface area contributed by atoms with Crippen molar-refractivity contribution in [1.29, 1.82) is 0 Å². The Labute approximate surface area is 140 Å². The van der Waals surface area contributed by atoms with Crippen LogP contribution < -0.4 is 0 Å². The van der Waals surface area contributed by atoms with Gasteiger partial charge in [-0.2, -0.15) is 5.10 Å². The second-order valence-electron chi connectivity index (χ2n) is 7.20. The number of carbonyl (C=O) groups excluding carboxylic acids is 1. The van der Waals surface area contributed by atoms with Crippen molar-refractivity contribution in [3.05, 3.63) is 54.2 Å². The van der Waals surface area contributed by atoms with E-state index in [4.69, 9.17) is 0 Å². The van der Waals surface area contributed by atoms with E-state index in [0.717, 1.165) is 47.1 Å². The monoisotopic (exact) mass is 317 g/mol. The molecule has 1 saturated heterocycles. The van der Waals surface area contributed by atoms with Crippen molar-refractivity contribution in [2.45, 2.75) is 19.3 Å². The maximum absolute atomic E-state index is 13.1. The Hall–Kier alpha value is -2.62. The molecule has 0 bridgehead atoms. The predicted molar refractivity (Wildman–Crippen MR) is 93.7 cm³/mol. The molecule has 0 atom stereocenters. The van der Waals surface area contributed by atoms with E-state index in [1.165, 1.54) is 12.8 Å². The Morgan fingerprint density at radius 3 is 2.67 bits per heavy atom. The maximum atomic E-state index is 13.1. The van der Waals surface area contributed by atoms with Crippen LogP contribution in [-0.4, -0.2) is 34.1 Å². The molecule has 0 radical (unpaired) electrons. The third-order valence-electron chi connectivity index (χ3n) is 5.57. The standard InChI is InChI=1S/C20H19N3O/c24-19(23-9-8-20(13-23)6-7-20)17-11-15(14-4-2-1-3-5-14)10-16-12-21-22-18(16)17/h1-5,10-12H,6-9,13H2,(H,21,22). The zero-order chi connectivity index (χ0) is 16.1. The lowest BCUT2D eigenvalue weighted by Gasteiger charge is -2.17. The third kappa shape index (κ3) is 2.13. The SMILES string of the molecule is O=C(c1cc(-c2ccccc2)cc2cn[nH]c12)N1CCC2(CC2)C1. The molecule has 2 fully saturated rings. The number of hydrogen-bond acceptors (Lipinski definition) is 2. The summed E-state index contributed by atoms with van der Waals surface area (Å²) < 4.78 is 0. The lowest BCUT2D eigenvalue weighted by molar-refractivity contribution is 0.0787. The van der Waals surface area contributed by atoms with Gasteiger partial charge in [0.15, 0.2) is 0 Å². The first kappa shape index (κ1) is 13.8. The summed E-state index contributed by atoms with van der Waals surface area (Å²) in [5.41, 5.74) is 4.21. The van der Waals surface area contributed by atoms with Gasteiger partial charge >= 0.3 is 0 Å². The molecular weight excluding hydrogens is 298 g/mol. The van der Waals surface area contributed by atoms with E-state index in [0.29, 0.717) is 5.41 Å². The molecule has 5 rings (SSSR count). The molecule has 1 aliphatic carbocycles. The van der Waals surface area contributed by atoms with Gasteiger partial charge in [0.1, 0.15) is 0 Å². The van der Waals surface area contributed by atoms with Crippen LogP contribution in [-0.2, 0) is 0 Å². The van der Waals surface area contributed by atoms with Crippen LogP contribution in [0.2, 0.25) is 0 Å². The molecule has 1 aromatic heterocycles. The first-order valence-corrected chi connectivity index (χ1v) is 8.56. The maximum Gasteiger partial charge on any atom is 0.256 e. The van der Waals surface area contributed by atoms with Crippen LogP contribution in [0.15, 0.2) is 48.7 Å². The molecular formula is C20H19N3O. The van der Waals surface area contributed by atoms with E-state index in [9.17, 15) is 4.79 Å². The highest BCUT2D eigenvalue weighted by molar-refractivity contribution is 6.07. The van der Waals surface area contributed by atoms with E-state index in [1.807, 2.05) is 29.2 Å². The molecule has 0 unspecified atom stereocenters. The number of nitrogens with one attached hydrogen (secondary N) is 1. The van der Waals surface area contributed by atoms with E-state index < -0.39 is 0 Å². The second kappa shape index (κ2) is 4.94.